The molecule has 19 heavy (non-hydrogen) atoms. The fraction of sp³-hybridized carbons (Fsp3) is 0.357. The van der Waals surface area contributed by atoms with Gasteiger partial charge in [0.2, 0.25) is 0 Å². The molecule has 0 aliphatic rings. The number of nitrogens with zero attached hydrogens (tertiary/aromatic N) is 1. The first-order valence-corrected chi connectivity index (χ1v) is 6.14. The summed E-state index contributed by atoms with van der Waals surface area (Å²) in [5.74, 6) is 0.0241. The van der Waals surface area contributed by atoms with Crippen LogP contribution in [0.1, 0.15) is 43.4 Å². The van der Waals surface area contributed by atoms with Gasteiger partial charge >= 0.3 is 6.18 Å². The highest BCUT2D eigenvalue weighted by molar-refractivity contribution is 5.32. The van der Waals surface area contributed by atoms with Crippen molar-refractivity contribution in [2.75, 3.05) is 0 Å². The molecule has 0 aliphatic carbocycles. The van der Waals surface area contributed by atoms with Crippen molar-refractivity contribution in [3.8, 4) is 0 Å². The Kier molecular flexibility index (Phi) is 5.15. The third kappa shape index (κ3) is 3.84. The van der Waals surface area contributed by atoms with E-state index in [-0.39, 0.29) is 5.92 Å². The normalized spacial score (nSPS) is 12.5. The summed E-state index contributed by atoms with van der Waals surface area (Å²) in [4.78, 5) is 0. The molecule has 104 valence electrons. The third-order valence-electron chi connectivity index (χ3n) is 2.76. The highest BCUT2D eigenvalue weighted by Crippen LogP contribution is 2.31. The minimum absolute atomic E-state index is 0.0241. The molecule has 1 N–H and O–H groups in total. The number of aromatic nitrogens is 2. The smallest absolute Gasteiger partial charge is 0.285 e. The average molecular weight is 270 g/mol. The Balaban J connectivity index is 0.000000861. The van der Waals surface area contributed by atoms with E-state index >= 15 is 0 Å². The van der Waals surface area contributed by atoms with Gasteiger partial charge in [-0.05, 0) is 23.3 Å². The van der Waals surface area contributed by atoms with Crippen LogP contribution in [-0.2, 0) is 6.18 Å². The lowest BCUT2D eigenvalue weighted by Gasteiger charge is -2.11. The zero-order chi connectivity index (χ0) is 14.5. The Hall–Kier alpha value is -1.78. The lowest BCUT2D eigenvalue weighted by atomic mass is 9.95. The van der Waals surface area contributed by atoms with Gasteiger partial charge < -0.3 is 0 Å². The number of nitrogens with one attached hydrogen (secondary N) is 1. The Bertz CT molecular complexity index is 472. The second kappa shape index (κ2) is 6.41. The summed E-state index contributed by atoms with van der Waals surface area (Å²) in [7, 11) is 0. The average Bonchev–Trinajstić information content (AvgIpc) is 2.93. The van der Waals surface area contributed by atoms with Crippen molar-refractivity contribution < 1.29 is 13.2 Å². The molecule has 0 aliphatic heterocycles. The maximum atomic E-state index is 12.4. The molecule has 2 rings (SSSR count). The van der Waals surface area contributed by atoms with E-state index in [1.807, 2.05) is 20.8 Å². The first-order chi connectivity index (χ1) is 8.98. The largest absolute Gasteiger partial charge is 0.416 e. The molecule has 5 heteroatoms. The van der Waals surface area contributed by atoms with Crippen LogP contribution >= 0.6 is 0 Å². The molecule has 1 unspecified atom stereocenters. The number of rotatable bonds is 2. The molecule has 1 atom stereocenters. The van der Waals surface area contributed by atoms with Gasteiger partial charge in [0.25, 0.3) is 0 Å². The van der Waals surface area contributed by atoms with Gasteiger partial charge in [0.05, 0.1) is 11.8 Å². The van der Waals surface area contributed by atoms with E-state index < -0.39 is 11.7 Å². The Morgan fingerprint density at radius 1 is 1.05 bits per heavy atom. The summed E-state index contributed by atoms with van der Waals surface area (Å²) >= 11 is 0. The van der Waals surface area contributed by atoms with Gasteiger partial charge in [-0.1, -0.05) is 32.9 Å². The molecule has 0 amide bonds. The van der Waals surface area contributed by atoms with Crippen molar-refractivity contribution in [3.63, 3.8) is 0 Å². The monoisotopic (exact) mass is 270 g/mol. The Morgan fingerprint density at radius 3 is 2.05 bits per heavy atom. The van der Waals surface area contributed by atoms with E-state index in [9.17, 15) is 13.2 Å². The summed E-state index contributed by atoms with van der Waals surface area (Å²) in [6.45, 7) is 5.92. The Labute approximate surface area is 110 Å². The summed E-state index contributed by atoms with van der Waals surface area (Å²) in [6.07, 6.45) is -0.873. The molecule has 2 nitrogen and oxygen atoms in total. The molecular formula is C14H17F3N2. The summed E-state index contributed by atoms with van der Waals surface area (Å²) in [5, 5.41) is 6.51. The first-order valence-electron chi connectivity index (χ1n) is 6.14. The van der Waals surface area contributed by atoms with E-state index in [4.69, 9.17) is 0 Å². The molecule has 2 aromatic rings. The van der Waals surface area contributed by atoms with Crippen LogP contribution in [0.2, 0.25) is 0 Å². The predicted octanol–water partition coefficient (Wildman–Crippen LogP) is 4.61. The van der Waals surface area contributed by atoms with Gasteiger partial charge in [-0.25, -0.2) is 0 Å². The van der Waals surface area contributed by atoms with Crippen LogP contribution in [0, 0.1) is 0 Å². The van der Waals surface area contributed by atoms with Crippen molar-refractivity contribution in [3.05, 3.63) is 53.3 Å². The molecule has 1 heterocycles. The summed E-state index contributed by atoms with van der Waals surface area (Å²) in [5.41, 5.74) is 1.16. The molecule has 0 spiro atoms. The molecule has 0 saturated heterocycles. The van der Waals surface area contributed by atoms with Crippen molar-refractivity contribution in [2.45, 2.75) is 32.9 Å². The van der Waals surface area contributed by atoms with Crippen LogP contribution in [-0.4, -0.2) is 10.2 Å². The molecule has 0 bridgehead atoms. The number of aromatic amines is 1. The van der Waals surface area contributed by atoms with Crippen molar-refractivity contribution >= 4 is 0 Å². The molecular weight excluding hydrogens is 253 g/mol. The van der Waals surface area contributed by atoms with Gasteiger partial charge in [0.1, 0.15) is 0 Å². The van der Waals surface area contributed by atoms with E-state index in [2.05, 4.69) is 10.2 Å². The zero-order valence-electron chi connectivity index (χ0n) is 11.1. The lowest BCUT2D eigenvalue weighted by Crippen LogP contribution is -2.05. The van der Waals surface area contributed by atoms with Crippen LogP contribution in [0.4, 0.5) is 13.2 Å². The van der Waals surface area contributed by atoms with Crippen molar-refractivity contribution in [1.29, 1.82) is 0 Å². The van der Waals surface area contributed by atoms with Crippen molar-refractivity contribution in [2.24, 2.45) is 0 Å². The quantitative estimate of drug-likeness (QED) is 0.848. The second-order valence-electron chi connectivity index (χ2n) is 3.87. The van der Waals surface area contributed by atoms with Crippen LogP contribution in [0.15, 0.2) is 36.7 Å². The fourth-order valence-electron chi connectivity index (χ4n) is 1.65. The topological polar surface area (TPSA) is 28.7 Å². The predicted molar refractivity (Wildman–Crippen MR) is 68.9 cm³/mol. The Morgan fingerprint density at radius 2 is 1.63 bits per heavy atom. The van der Waals surface area contributed by atoms with Crippen LogP contribution < -0.4 is 0 Å². The van der Waals surface area contributed by atoms with Crippen LogP contribution in [0.3, 0.4) is 0 Å². The van der Waals surface area contributed by atoms with E-state index in [1.54, 1.807) is 12.4 Å². The molecule has 1 aromatic carbocycles. The van der Waals surface area contributed by atoms with Gasteiger partial charge in [-0.2, -0.15) is 18.3 Å². The van der Waals surface area contributed by atoms with Crippen LogP contribution in [0.25, 0.3) is 0 Å². The molecule has 0 saturated carbocycles. The number of alkyl halides is 3. The maximum Gasteiger partial charge on any atom is 0.416 e. The minimum Gasteiger partial charge on any atom is -0.285 e. The highest BCUT2D eigenvalue weighted by atomic mass is 19.4. The molecule has 0 fully saturated rings. The zero-order valence-corrected chi connectivity index (χ0v) is 11.1. The first kappa shape index (κ1) is 15.3. The van der Waals surface area contributed by atoms with Gasteiger partial charge in [-0.3, -0.25) is 5.10 Å². The second-order valence-corrected chi connectivity index (χ2v) is 3.87. The van der Waals surface area contributed by atoms with Crippen LogP contribution in [0.5, 0.6) is 0 Å². The van der Waals surface area contributed by atoms with Gasteiger partial charge in [0.15, 0.2) is 0 Å². The molecule has 1 aromatic heterocycles. The number of hydrogen-bond acceptors (Lipinski definition) is 1. The molecule has 0 radical (unpaired) electrons. The third-order valence-corrected chi connectivity index (χ3v) is 2.76. The summed E-state index contributed by atoms with van der Waals surface area (Å²) < 4.78 is 37.1. The van der Waals surface area contributed by atoms with Gasteiger partial charge in [-0.15, -0.1) is 0 Å². The minimum atomic E-state index is -4.28. The highest BCUT2D eigenvalue weighted by Gasteiger charge is 2.30. The van der Waals surface area contributed by atoms with E-state index in [0.717, 1.165) is 23.3 Å². The van der Waals surface area contributed by atoms with E-state index in [0.29, 0.717) is 0 Å². The summed E-state index contributed by atoms with van der Waals surface area (Å²) in [6, 6.07) is 5.21. The lowest BCUT2D eigenvalue weighted by molar-refractivity contribution is -0.137. The standard InChI is InChI=1S/C12H11F3N2.C2H6/c1-8(10-6-16-17-7-10)9-2-4-11(5-3-9)12(13,14)15;1-2/h2-8H,1H3,(H,16,17);1-2H3. The van der Waals surface area contributed by atoms with Crippen molar-refractivity contribution in [1.82, 2.24) is 10.2 Å². The number of benzene rings is 1. The SMILES string of the molecule is CC.CC(c1ccc(C(F)(F)F)cc1)c1cn[nH]c1. The van der Waals surface area contributed by atoms with Gasteiger partial charge in [0, 0.05) is 12.1 Å². The fourth-order valence-corrected chi connectivity index (χ4v) is 1.65. The maximum absolute atomic E-state index is 12.4. The number of H-pyrrole nitrogens is 1. The number of hydrogen-bond donors (Lipinski definition) is 1. The number of halogens is 3. The van der Waals surface area contributed by atoms with E-state index in [1.165, 1.54) is 12.1 Å².